The second kappa shape index (κ2) is 6.66. The van der Waals surface area contributed by atoms with E-state index in [0.717, 1.165) is 11.8 Å². The average molecular weight is 326 g/mol. The summed E-state index contributed by atoms with van der Waals surface area (Å²) in [4.78, 5) is 11.5. The second-order valence-corrected chi connectivity index (χ2v) is 5.35. The van der Waals surface area contributed by atoms with Gasteiger partial charge in [-0.15, -0.1) is 0 Å². The van der Waals surface area contributed by atoms with Crippen molar-refractivity contribution in [1.82, 2.24) is 0 Å². The van der Waals surface area contributed by atoms with E-state index in [9.17, 15) is 9.90 Å². The minimum Gasteiger partial charge on any atom is -0.493 e. The molecule has 5 heteroatoms. The quantitative estimate of drug-likeness (QED) is 0.717. The SMILES string of the molecule is CCCOc1ccc(-c2cc3cccc(OC)c3o2)cc1C(=O)O. The van der Waals surface area contributed by atoms with E-state index in [0.29, 0.717) is 35.0 Å². The van der Waals surface area contributed by atoms with E-state index in [1.807, 2.05) is 31.2 Å². The summed E-state index contributed by atoms with van der Waals surface area (Å²) in [7, 11) is 1.58. The third kappa shape index (κ3) is 2.93. The van der Waals surface area contributed by atoms with Crippen LogP contribution < -0.4 is 9.47 Å². The van der Waals surface area contributed by atoms with Gasteiger partial charge in [0.25, 0.3) is 0 Å². The maximum atomic E-state index is 11.5. The van der Waals surface area contributed by atoms with Crippen molar-refractivity contribution < 1.29 is 23.8 Å². The lowest BCUT2D eigenvalue weighted by Gasteiger charge is -2.09. The zero-order chi connectivity index (χ0) is 17.1. The van der Waals surface area contributed by atoms with E-state index in [1.54, 1.807) is 25.3 Å². The third-order valence-electron chi connectivity index (χ3n) is 3.68. The molecular weight excluding hydrogens is 308 g/mol. The topological polar surface area (TPSA) is 68.9 Å². The van der Waals surface area contributed by atoms with E-state index in [2.05, 4.69) is 0 Å². The molecule has 0 spiro atoms. The van der Waals surface area contributed by atoms with Gasteiger partial charge in [-0.2, -0.15) is 0 Å². The number of methoxy groups -OCH3 is 1. The number of fused-ring (bicyclic) bond motifs is 1. The first-order valence-corrected chi connectivity index (χ1v) is 7.71. The van der Waals surface area contributed by atoms with Crippen molar-refractivity contribution in [3.8, 4) is 22.8 Å². The number of hydrogen-bond acceptors (Lipinski definition) is 4. The normalized spacial score (nSPS) is 10.8. The number of rotatable bonds is 6. The predicted molar refractivity (Wildman–Crippen MR) is 90.9 cm³/mol. The van der Waals surface area contributed by atoms with Crippen molar-refractivity contribution >= 4 is 16.9 Å². The number of carboxylic acids is 1. The van der Waals surface area contributed by atoms with Crippen LogP contribution in [0.3, 0.4) is 0 Å². The summed E-state index contributed by atoms with van der Waals surface area (Å²) >= 11 is 0. The lowest BCUT2D eigenvalue weighted by molar-refractivity contribution is 0.0692. The Hall–Kier alpha value is -2.95. The summed E-state index contributed by atoms with van der Waals surface area (Å²) < 4.78 is 16.7. The molecule has 0 atom stereocenters. The lowest BCUT2D eigenvalue weighted by atomic mass is 10.1. The monoisotopic (exact) mass is 326 g/mol. The number of aromatic carboxylic acids is 1. The summed E-state index contributed by atoms with van der Waals surface area (Å²) in [5.41, 5.74) is 1.43. The molecule has 0 amide bonds. The number of carboxylic acid groups (broad SMARTS) is 1. The smallest absolute Gasteiger partial charge is 0.339 e. The molecule has 0 fully saturated rings. The molecule has 0 aliphatic carbocycles. The van der Waals surface area contributed by atoms with Gasteiger partial charge in [0.05, 0.1) is 13.7 Å². The van der Waals surface area contributed by atoms with Crippen LogP contribution in [0.25, 0.3) is 22.3 Å². The van der Waals surface area contributed by atoms with Crippen LogP contribution in [0.1, 0.15) is 23.7 Å². The Morgan fingerprint density at radius 2 is 2.00 bits per heavy atom. The van der Waals surface area contributed by atoms with Crippen LogP contribution in [0.15, 0.2) is 46.9 Å². The Labute approximate surface area is 139 Å². The number of benzene rings is 2. The minimum atomic E-state index is -1.03. The molecule has 124 valence electrons. The molecule has 3 rings (SSSR count). The molecule has 2 aromatic carbocycles. The Morgan fingerprint density at radius 3 is 2.71 bits per heavy atom. The molecule has 0 aliphatic heterocycles. The molecular formula is C19H18O5. The summed E-state index contributed by atoms with van der Waals surface area (Å²) in [6, 6.07) is 12.5. The zero-order valence-corrected chi connectivity index (χ0v) is 13.5. The molecule has 0 aliphatic rings. The molecule has 0 saturated heterocycles. The second-order valence-electron chi connectivity index (χ2n) is 5.35. The molecule has 0 bridgehead atoms. The van der Waals surface area contributed by atoms with Gasteiger partial charge in [0.15, 0.2) is 11.3 Å². The first-order chi connectivity index (χ1) is 11.6. The van der Waals surface area contributed by atoms with Gasteiger partial charge in [-0.1, -0.05) is 19.1 Å². The van der Waals surface area contributed by atoms with E-state index in [4.69, 9.17) is 13.9 Å². The molecule has 1 N–H and O–H groups in total. The predicted octanol–water partition coefficient (Wildman–Crippen LogP) is 4.60. The fourth-order valence-electron chi connectivity index (χ4n) is 2.53. The Balaban J connectivity index is 2.06. The minimum absolute atomic E-state index is 0.119. The highest BCUT2D eigenvalue weighted by Crippen LogP contribution is 2.35. The fraction of sp³-hybridized carbons (Fsp3) is 0.211. The van der Waals surface area contributed by atoms with Crippen molar-refractivity contribution in [2.75, 3.05) is 13.7 Å². The Kier molecular flexibility index (Phi) is 4.42. The van der Waals surface area contributed by atoms with Crippen molar-refractivity contribution in [3.63, 3.8) is 0 Å². The standard InChI is InChI=1S/C19H18O5/c1-3-9-23-15-8-7-12(10-14(15)19(20)21)17-11-13-5-4-6-16(22-2)18(13)24-17/h4-8,10-11H,3,9H2,1-2H3,(H,20,21). The third-order valence-corrected chi connectivity index (χ3v) is 3.68. The van der Waals surface area contributed by atoms with Gasteiger partial charge < -0.3 is 19.0 Å². The molecule has 0 radical (unpaired) electrons. The van der Waals surface area contributed by atoms with Crippen molar-refractivity contribution in [2.24, 2.45) is 0 Å². The van der Waals surface area contributed by atoms with Crippen LogP contribution in [0.5, 0.6) is 11.5 Å². The van der Waals surface area contributed by atoms with Crippen LogP contribution in [0, 0.1) is 0 Å². The molecule has 5 nitrogen and oxygen atoms in total. The van der Waals surface area contributed by atoms with Gasteiger partial charge in [-0.05, 0) is 36.8 Å². The number of furan rings is 1. The largest absolute Gasteiger partial charge is 0.493 e. The Bertz CT molecular complexity index is 879. The Morgan fingerprint density at radius 1 is 1.17 bits per heavy atom. The summed E-state index contributed by atoms with van der Waals surface area (Å²) in [5.74, 6) is 0.553. The summed E-state index contributed by atoms with van der Waals surface area (Å²) in [6.45, 7) is 2.44. The van der Waals surface area contributed by atoms with Crippen molar-refractivity contribution in [2.45, 2.75) is 13.3 Å². The highest BCUT2D eigenvalue weighted by Gasteiger charge is 2.16. The zero-order valence-electron chi connectivity index (χ0n) is 13.5. The molecule has 3 aromatic rings. The first-order valence-electron chi connectivity index (χ1n) is 7.71. The maximum absolute atomic E-state index is 11.5. The number of hydrogen-bond donors (Lipinski definition) is 1. The molecule has 24 heavy (non-hydrogen) atoms. The van der Waals surface area contributed by atoms with E-state index in [-0.39, 0.29) is 5.56 Å². The van der Waals surface area contributed by atoms with Crippen LogP contribution in [-0.4, -0.2) is 24.8 Å². The van der Waals surface area contributed by atoms with Gasteiger partial charge in [-0.3, -0.25) is 0 Å². The van der Waals surface area contributed by atoms with Crippen LogP contribution in [0.2, 0.25) is 0 Å². The van der Waals surface area contributed by atoms with Gasteiger partial charge in [0.1, 0.15) is 17.1 Å². The molecule has 1 aromatic heterocycles. The number of ether oxygens (including phenoxy) is 2. The van der Waals surface area contributed by atoms with Gasteiger partial charge in [-0.25, -0.2) is 4.79 Å². The summed E-state index contributed by atoms with van der Waals surface area (Å²) in [6.07, 6.45) is 0.810. The van der Waals surface area contributed by atoms with Crippen LogP contribution >= 0.6 is 0 Å². The maximum Gasteiger partial charge on any atom is 0.339 e. The highest BCUT2D eigenvalue weighted by molar-refractivity contribution is 5.93. The first kappa shape index (κ1) is 15.9. The van der Waals surface area contributed by atoms with Crippen LogP contribution in [0.4, 0.5) is 0 Å². The average Bonchev–Trinajstić information content (AvgIpc) is 3.03. The van der Waals surface area contributed by atoms with Crippen molar-refractivity contribution in [1.29, 1.82) is 0 Å². The lowest BCUT2D eigenvalue weighted by Crippen LogP contribution is -2.04. The van der Waals surface area contributed by atoms with Gasteiger partial charge in [0, 0.05) is 10.9 Å². The van der Waals surface area contributed by atoms with E-state index in [1.165, 1.54) is 0 Å². The van der Waals surface area contributed by atoms with Gasteiger partial charge in [0.2, 0.25) is 0 Å². The molecule has 1 heterocycles. The molecule has 0 saturated carbocycles. The van der Waals surface area contributed by atoms with Crippen molar-refractivity contribution in [3.05, 3.63) is 48.0 Å². The summed E-state index contributed by atoms with van der Waals surface area (Å²) in [5, 5.41) is 10.3. The van der Waals surface area contributed by atoms with Crippen LogP contribution in [-0.2, 0) is 0 Å². The highest BCUT2D eigenvalue weighted by atomic mass is 16.5. The van der Waals surface area contributed by atoms with Gasteiger partial charge >= 0.3 is 5.97 Å². The van der Waals surface area contributed by atoms with E-state index < -0.39 is 5.97 Å². The number of para-hydroxylation sites is 1. The van der Waals surface area contributed by atoms with E-state index >= 15 is 0 Å². The number of carbonyl (C=O) groups is 1. The molecule has 0 unspecified atom stereocenters. The fourth-order valence-corrected chi connectivity index (χ4v) is 2.53.